The third kappa shape index (κ3) is 3.81. The van der Waals surface area contributed by atoms with E-state index in [0.29, 0.717) is 15.9 Å². The van der Waals surface area contributed by atoms with E-state index in [1.807, 2.05) is 6.92 Å². The van der Waals surface area contributed by atoms with Crippen LogP contribution in [0, 0.1) is 0 Å². The summed E-state index contributed by atoms with van der Waals surface area (Å²) >= 11 is 4.69. The van der Waals surface area contributed by atoms with Crippen molar-refractivity contribution in [1.82, 2.24) is 15.0 Å². The molecule has 0 aliphatic rings. The number of anilines is 1. The lowest BCUT2D eigenvalue weighted by molar-refractivity contribution is 0.815. The van der Waals surface area contributed by atoms with Gasteiger partial charge in [-0.1, -0.05) is 13.3 Å². The predicted molar refractivity (Wildman–Crippen MR) is 79.3 cm³/mol. The maximum Gasteiger partial charge on any atom is 0.251 e. The molecule has 2 heterocycles. The van der Waals surface area contributed by atoms with Gasteiger partial charge < -0.3 is 10.7 Å². The van der Waals surface area contributed by atoms with Gasteiger partial charge in [-0.3, -0.25) is 4.79 Å². The monoisotopic (exact) mass is 340 g/mol. The van der Waals surface area contributed by atoms with Crippen molar-refractivity contribution in [2.45, 2.75) is 29.9 Å². The molecule has 0 aliphatic heterocycles. The number of H-pyrrole nitrogens is 1. The van der Waals surface area contributed by atoms with Gasteiger partial charge in [0.25, 0.3) is 5.56 Å². The maximum atomic E-state index is 11.6. The molecule has 0 aliphatic carbocycles. The second kappa shape index (κ2) is 6.21. The number of hydrogen-bond acceptors (Lipinski definition) is 5. The lowest BCUT2D eigenvalue weighted by atomic mass is 10.2. The molecule has 3 N–H and O–H groups in total. The third-order valence-electron chi connectivity index (χ3n) is 2.30. The lowest BCUT2D eigenvalue weighted by Crippen LogP contribution is -2.10. The van der Waals surface area contributed by atoms with Crippen molar-refractivity contribution in [2.75, 3.05) is 5.73 Å². The van der Waals surface area contributed by atoms with E-state index in [1.165, 1.54) is 17.8 Å². The molecule has 2 rings (SSSR count). The van der Waals surface area contributed by atoms with Gasteiger partial charge in [-0.15, -0.1) is 0 Å². The molecule has 0 radical (unpaired) electrons. The molecule has 19 heavy (non-hydrogen) atoms. The van der Waals surface area contributed by atoms with Gasteiger partial charge in [-0.25, -0.2) is 9.97 Å². The first-order valence-corrected chi connectivity index (χ1v) is 7.38. The van der Waals surface area contributed by atoms with Gasteiger partial charge in [0.2, 0.25) is 0 Å². The van der Waals surface area contributed by atoms with Crippen molar-refractivity contribution in [1.29, 1.82) is 0 Å². The van der Waals surface area contributed by atoms with Crippen LogP contribution in [0.3, 0.4) is 0 Å². The molecular weight excluding hydrogens is 328 g/mol. The fourth-order valence-corrected chi connectivity index (χ4v) is 2.89. The molecular formula is C12H13BrN4OS. The van der Waals surface area contributed by atoms with Crippen molar-refractivity contribution in [2.24, 2.45) is 0 Å². The molecule has 0 saturated heterocycles. The van der Waals surface area contributed by atoms with Crippen LogP contribution in [0.25, 0.3) is 0 Å². The summed E-state index contributed by atoms with van der Waals surface area (Å²) in [7, 11) is 0. The Labute approximate surface area is 123 Å². The highest BCUT2D eigenvalue weighted by Crippen LogP contribution is 2.30. The van der Waals surface area contributed by atoms with Crippen molar-refractivity contribution in [3.05, 3.63) is 38.9 Å². The van der Waals surface area contributed by atoms with Crippen LogP contribution in [0.1, 0.15) is 19.0 Å². The van der Waals surface area contributed by atoms with Gasteiger partial charge in [0.15, 0.2) is 5.16 Å². The SMILES string of the molecule is CCCc1cc(=O)[nH]c(Sc2ncc(N)cc2Br)n1. The largest absolute Gasteiger partial charge is 0.397 e. The summed E-state index contributed by atoms with van der Waals surface area (Å²) in [5, 5.41) is 1.25. The summed E-state index contributed by atoms with van der Waals surface area (Å²) in [6, 6.07) is 3.29. The number of aromatic nitrogens is 3. The van der Waals surface area contributed by atoms with Crippen LogP contribution in [0.4, 0.5) is 5.69 Å². The summed E-state index contributed by atoms with van der Waals surface area (Å²) in [4.78, 5) is 22.9. The number of hydrogen-bond donors (Lipinski definition) is 2. The number of aromatic amines is 1. The lowest BCUT2D eigenvalue weighted by Gasteiger charge is -2.05. The van der Waals surface area contributed by atoms with Gasteiger partial charge in [-0.2, -0.15) is 0 Å². The molecule has 5 nitrogen and oxygen atoms in total. The summed E-state index contributed by atoms with van der Waals surface area (Å²) < 4.78 is 0.779. The zero-order valence-corrected chi connectivity index (χ0v) is 12.7. The van der Waals surface area contributed by atoms with E-state index in [-0.39, 0.29) is 5.56 Å². The first kappa shape index (κ1) is 14.1. The van der Waals surface area contributed by atoms with Crippen molar-refractivity contribution in [3.8, 4) is 0 Å². The Bertz CT molecular complexity index is 644. The van der Waals surface area contributed by atoms with Crippen molar-refractivity contribution in [3.63, 3.8) is 0 Å². The highest BCUT2D eigenvalue weighted by Gasteiger charge is 2.08. The van der Waals surface area contributed by atoms with E-state index in [4.69, 9.17) is 5.73 Å². The number of nitrogen functional groups attached to an aromatic ring is 1. The standard InChI is InChI=1S/C12H13BrN4OS/c1-2-3-8-5-10(18)17-12(16-8)19-11-9(13)4-7(14)6-15-11/h4-6H,2-3,14H2,1H3,(H,16,17,18). The number of aryl methyl sites for hydroxylation is 1. The van der Waals surface area contributed by atoms with Gasteiger partial charge in [-0.05, 0) is 40.2 Å². The van der Waals surface area contributed by atoms with Crippen molar-refractivity contribution < 1.29 is 0 Å². The second-order valence-corrected chi connectivity index (χ2v) is 5.78. The Kier molecular flexibility index (Phi) is 4.60. The summed E-state index contributed by atoms with van der Waals surface area (Å²) in [6.45, 7) is 2.05. The number of nitrogens with zero attached hydrogens (tertiary/aromatic N) is 2. The van der Waals surface area contributed by atoms with Crippen LogP contribution < -0.4 is 11.3 Å². The smallest absolute Gasteiger partial charge is 0.251 e. The van der Waals surface area contributed by atoms with Crippen LogP contribution in [-0.4, -0.2) is 15.0 Å². The minimum absolute atomic E-state index is 0.146. The summed E-state index contributed by atoms with van der Waals surface area (Å²) in [6.07, 6.45) is 3.30. The minimum Gasteiger partial charge on any atom is -0.397 e. The zero-order chi connectivity index (χ0) is 13.8. The highest BCUT2D eigenvalue weighted by atomic mass is 79.9. The van der Waals surface area contributed by atoms with Crippen LogP contribution in [0.5, 0.6) is 0 Å². The quantitative estimate of drug-likeness (QED) is 0.835. The Morgan fingerprint density at radius 2 is 2.26 bits per heavy atom. The van der Waals surface area contributed by atoms with Gasteiger partial charge >= 0.3 is 0 Å². The Balaban J connectivity index is 2.30. The van der Waals surface area contributed by atoms with Crippen molar-refractivity contribution >= 4 is 33.4 Å². The molecule has 7 heteroatoms. The first-order chi connectivity index (χ1) is 9.08. The van der Waals surface area contributed by atoms with E-state index in [1.54, 1.807) is 12.3 Å². The zero-order valence-electron chi connectivity index (χ0n) is 10.3. The average molecular weight is 341 g/mol. The van der Waals surface area contributed by atoms with E-state index in [0.717, 1.165) is 23.0 Å². The predicted octanol–water partition coefficient (Wildman–Crippen LogP) is 2.61. The minimum atomic E-state index is -0.146. The molecule has 0 spiro atoms. The van der Waals surface area contributed by atoms with Crippen LogP contribution in [-0.2, 0) is 6.42 Å². The fourth-order valence-electron chi connectivity index (χ4n) is 1.52. The number of halogens is 1. The molecule has 0 atom stereocenters. The van der Waals surface area contributed by atoms with Gasteiger partial charge in [0.05, 0.1) is 16.4 Å². The molecule has 0 fully saturated rings. The van der Waals surface area contributed by atoms with Crippen LogP contribution in [0.15, 0.2) is 37.8 Å². The van der Waals surface area contributed by atoms with E-state index in [2.05, 4.69) is 30.9 Å². The Hall–Kier alpha value is -1.34. The molecule has 0 amide bonds. The number of nitrogens with one attached hydrogen (secondary N) is 1. The van der Waals surface area contributed by atoms with E-state index in [9.17, 15) is 4.79 Å². The normalized spacial score (nSPS) is 10.6. The number of rotatable bonds is 4. The highest BCUT2D eigenvalue weighted by molar-refractivity contribution is 9.10. The number of pyridine rings is 1. The van der Waals surface area contributed by atoms with Gasteiger partial charge in [0.1, 0.15) is 5.03 Å². The molecule has 0 bridgehead atoms. The van der Waals surface area contributed by atoms with Crippen LogP contribution >= 0.6 is 27.7 Å². The third-order valence-corrected chi connectivity index (χ3v) is 4.07. The van der Waals surface area contributed by atoms with E-state index < -0.39 is 0 Å². The topological polar surface area (TPSA) is 84.7 Å². The maximum absolute atomic E-state index is 11.6. The second-order valence-electron chi connectivity index (χ2n) is 3.95. The molecule has 0 unspecified atom stereocenters. The molecule has 0 saturated carbocycles. The van der Waals surface area contributed by atoms with Crippen LogP contribution in [0.2, 0.25) is 0 Å². The Morgan fingerprint density at radius 3 is 2.95 bits per heavy atom. The molecule has 2 aromatic heterocycles. The summed E-state index contributed by atoms with van der Waals surface area (Å²) in [5.74, 6) is 0. The first-order valence-electron chi connectivity index (χ1n) is 5.77. The summed E-state index contributed by atoms with van der Waals surface area (Å²) in [5.41, 5.74) is 6.86. The average Bonchev–Trinajstić information content (AvgIpc) is 2.32. The van der Waals surface area contributed by atoms with Gasteiger partial charge in [0, 0.05) is 11.8 Å². The number of nitrogens with two attached hydrogens (primary N) is 1. The Morgan fingerprint density at radius 1 is 1.47 bits per heavy atom. The molecule has 0 aromatic carbocycles. The molecule has 100 valence electrons. The molecule has 2 aromatic rings. The fraction of sp³-hybridized carbons (Fsp3) is 0.250. The van der Waals surface area contributed by atoms with E-state index >= 15 is 0 Å².